The van der Waals surface area contributed by atoms with E-state index in [1.54, 1.807) is 38.0 Å². The van der Waals surface area contributed by atoms with Crippen molar-refractivity contribution in [2.75, 3.05) is 26.1 Å². The summed E-state index contributed by atoms with van der Waals surface area (Å²) in [4.78, 5) is 15.2. The van der Waals surface area contributed by atoms with Crippen LogP contribution in [0.25, 0.3) is 32.7 Å². The van der Waals surface area contributed by atoms with E-state index in [4.69, 9.17) is 25.2 Å². The van der Waals surface area contributed by atoms with E-state index in [0.717, 1.165) is 55.5 Å². The number of benzene rings is 2. The molecule has 0 unspecified atom stereocenters. The molecule has 0 aliphatic rings. The Labute approximate surface area is 220 Å². The van der Waals surface area contributed by atoms with Crippen molar-refractivity contribution < 1.29 is 9.47 Å². The summed E-state index contributed by atoms with van der Waals surface area (Å²) in [5.74, 6) is 2.90. The molecule has 3 heterocycles. The van der Waals surface area contributed by atoms with E-state index in [1.165, 1.54) is 5.56 Å². The first-order valence-corrected chi connectivity index (χ1v) is 12.9. The zero-order chi connectivity index (χ0) is 25.8. The first-order chi connectivity index (χ1) is 18.1. The number of thiophene rings is 1. The summed E-state index contributed by atoms with van der Waals surface area (Å²) in [5, 5.41) is 3.52. The number of fused-ring (bicyclic) bond motifs is 1. The molecule has 188 valence electrons. The van der Waals surface area contributed by atoms with Crippen molar-refractivity contribution in [3.63, 3.8) is 0 Å². The summed E-state index contributed by atoms with van der Waals surface area (Å²) < 4.78 is 12.2. The number of aromatic nitrogens is 3. The highest BCUT2D eigenvalue weighted by Gasteiger charge is 2.22. The molecule has 37 heavy (non-hydrogen) atoms. The lowest BCUT2D eigenvalue weighted by Gasteiger charge is -2.15. The number of nitrogens with two attached hydrogens (primary N) is 1. The highest BCUT2D eigenvalue weighted by Crippen LogP contribution is 2.45. The second-order valence-corrected chi connectivity index (χ2v) is 9.96. The number of ether oxygens (including phenoxy) is 2. The molecule has 0 fully saturated rings. The van der Waals surface area contributed by atoms with Crippen molar-refractivity contribution in [2.24, 2.45) is 5.73 Å². The number of anilines is 1. The normalized spacial score (nSPS) is 11.9. The van der Waals surface area contributed by atoms with Crippen LogP contribution in [0.5, 0.6) is 11.5 Å². The number of rotatable bonds is 9. The molecule has 1 atom stereocenters. The third-order valence-electron chi connectivity index (χ3n) is 6.20. The molecule has 0 saturated carbocycles. The molecule has 0 saturated heterocycles. The Hall–Kier alpha value is -4.01. The smallest absolute Gasteiger partial charge is 0.162 e. The third-order valence-corrected chi connectivity index (χ3v) is 7.30. The molecule has 5 aromatic rings. The zero-order valence-corrected chi connectivity index (χ0v) is 21.9. The van der Waals surface area contributed by atoms with Crippen LogP contribution in [0.4, 0.5) is 5.82 Å². The maximum absolute atomic E-state index is 6.50. The van der Waals surface area contributed by atoms with Gasteiger partial charge >= 0.3 is 0 Å². The van der Waals surface area contributed by atoms with E-state index < -0.39 is 0 Å². The van der Waals surface area contributed by atoms with Crippen molar-refractivity contribution in [3.05, 3.63) is 83.5 Å². The zero-order valence-electron chi connectivity index (χ0n) is 21.1. The van der Waals surface area contributed by atoms with Crippen LogP contribution in [0.15, 0.2) is 73.1 Å². The molecule has 3 aromatic heterocycles. The topological polar surface area (TPSA) is 95.2 Å². The van der Waals surface area contributed by atoms with Crippen LogP contribution in [0.3, 0.4) is 0 Å². The fourth-order valence-corrected chi connectivity index (χ4v) is 5.45. The second kappa shape index (κ2) is 10.9. The lowest BCUT2D eigenvalue weighted by Crippen LogP contribution is -2.31. The van der Waals surface area contributed by atoms with Crippen molar-refractivity contribution in [2.45, 2.75) is 19.4 Å². The van der Waals surface area contributed by atoms with Crippen LogP contribution >= 0.6 is 11.3 Å². The average molecular weight is 512 g/mol. The first-order valence-electron chi connectivity index (χ1n) is 12.0. The Balaban J connectivity index is 1.60. The average Bonchev–Trinajstić information content (AvgIpc) is 3.27. The van der Waals surface area contributed by atoms with E-state index in [-0.39, 0.29) is 6.04 Å². The number of nitrogens with zero attached hydrogens (tertiary/aromatic N) is 3. The van der Waals surface area contributed by atoms with E-state index >= 15 is 0 Å². The fraction of sp³-hybridized carbons (Fsp3) is 0.207. The monoisotopic (exact) mass is 511 g/mol. The van der Waals surface area contributed by atoms with Crippen LogP contribution in [0.2, 0.25) is 0 Å². The molecule has 2 aromatic carbocycles. The Morgan fingerprint density at radius 1 is 0.973 bits per heavy atom. The van der Waals surface area contributed by atoms with Gasteiger partial charge in [-0.05, 0) is 49.2 Å². The van der Waals surface area contributed by atoms with Crippen LogP contribution in [0, 0.1) is 6.92 Å². The van der Waals surface area contributed by atoms with E-state index in [9.17, 15) is 0 Å². The molecule has 5 rings (SSSR count). The quantitative estimate of drug-likeness (QED) is 0.261. The summed E-state index contributed by atoms with van der Waals surface area (Å²) in [7, 11) is 3.34. The van der Waals surface area contributed by atoms with Gasteiger partial charge in [-0.2, -0.15) is 0 Å². The van der Waals surface area contributed by atoms with Gasteiger partial charge < -0.3 is 20.5 Å². The maximum atomic E-state index is 6.50. The van der Waals surface area contributed by atoms with Gasteiger partial charge in [-0.1, -0.05) is 30.3 Å². The molecule has 0 aliphatic carbocycles. The molecule has 0 amide bonds. The lowest BCUT2D eigenvalue weighted by atomic mass is 10.0. The first kappa shape index (κ1) is 24.7. The third kappa shape index (κ3) is 5.26. The predicted octanol–water partition coefficient (Wildman–Crippen LogP) is 5.73. The van der Waals surface area contributed by atoms with Crippen molar-refractivity contribution in [1.82, 2.24) is 15.0 Å². The van der Waals surface area contributed by atoms with Crippen molar-refractivity contribution in [1.29, 1.82) is 0 Å². The van der Waals surface area contributed by atoms with Gasteiger partial charge in [-0.3, -0.25) is 4.98 Å². The predicted molar refractivity (Wildman–Crippen MR) is 151 cm³/mol. The molecule has 7 nitrogen and oxygen atoms in total. The fourth-order valence-electron chi connectivity index (χ4n) is 4.38. The minimum absolute atomic E-state index is 0.0733. The van der Waals surface area contributed by atoms with Gasteiger partial charge in [-0.15, -0.1) is 11.3 Å². The number of aryl methyl sites for hydroxylation is 1. The molecule has 0 radical (unpaired) electrons. The summed E-state index contributed by atoms with van der Waals surface area (Å²) >= 11 is 1.66. The molecule has 0 aliphatic heterocycles. The molecule has 8 heteroatoms. The minimum atomic E-state index is -0.0733. The second-order valence-electron chi connectivity index (χ2n) is 8.74. The number of hydrogen-bond donors (Lipinski definition) is 2. The van der Waals surface area contributed by atoms with E-state index in [0.29, 0.717) is 12.4 Å². The largest absolute Gasteiger partial charge is 0.497 e. The van der Waals surface area contributed by atoms with Crippen LogP contribution in [-0.4, -0.2) is 41.8 Å². The van der Waals surface area contributed by atoms with Crippen LogP contribution < -0.4 is 20.5 Å². The Morgan fingerprint density at radius 3 is 2.49 bits per heavy atom. The Morgan fingerprint density at radius 2 is 1.76 bits per heavy atom. The lowest BCUT2D eigenvalue weighted by molar-refractivity contribution is 0.404. The van der Waals surface area contributed by atoms with E-state index in [2.05, 4.69) is 29.4 Å². The molecule has 3 N–H and O–H groups in total. The number of methoxy groups -OCH3 is 2. The molecular formula is C29H29N5O2S. The Bertz CT molecular complexity index is 1510. The van der Waals surface area contributed by atoms with Crippen LogP contribution in [-0.2, 0) is 6.42 Å². The van der Waals surface area contributed by atoms with Gasteiger partial charge in [0.25, 0.3) is 0 Å². The SMILES string of the molecule is COc1ccc(OC)c(-c2c(C)sc3c(NC[C@@H](N)Cc4ccccc4)nc(-c4ccncc4)nc23)c1. The van der Waals surface area contributed by atoms with Gasteiger partial charge in [0, 0.05) is 46.5 Å². The van der Waals surface area contributed by atoms with Gasteiger partial charge in [-0.25, -0.2) is 9.97 Å². The summed E-state index contributed by atoms with van der Waals surface area (Å²) in [6.07, 6.45) is 4.27. The summed E-state index contributed by atoms with van der Waals surface area (Å²) in [6.45, 7) is 2.67. The minimum Gasteiger partial charge on any atom is -0.497 e. The molecule has 0 bridgehead atoms. The highest BCUT2D eigenvalue weighted by molar-refractivity contribution is 7.20. The van der Waals surface area contributed by atoms with Gasteiger partial charge in [0.1, 0.15) is 17.3 Å². The summed E-state index contributed by atoms with van der Waals surface area (Å²) in [5.41, 5.74) is 11.4. The standard InChI is InChI=1S/C29H29N5O2S/c1-18-25(23-16-22(35-2)9-10-24(23)36-3)26-27(37-18)29(34-28(33-26)20-11-13-31-14-12-20)32-17-21(30)15-19-7-5-4-6-8-19/h4-14,16,21H,15,17,30H2,1-3H3,(H,32,33,34)/t21-/m0/s1. The maximum Gasteiger partial charge on any atom is 0.162 e. The van der Waals surface area contributed by atoms with Gasteiger partial charge in [0.2, 0.25) is 0 Å². The number of hydrogen-bond acceptors (Lipinski definition) is 8. The van der Waals surface area contributed by atoms with Gasteiger partial charge in [0.15, 0.2) is 5.82 Å². The summed E-state index contributed by atoms with van der Waals surface area (Å²) in [6, 6.07) is 19.8. The van der Waals surface area contributed by atoms with Crippen molar-refractivity contribution in [3.8, 4) is 34.0 Å². The number of nitrogens with one attached hydrogen (secondary N) is 1. The Kier molecular flexibility index (Phi) is 7.30. The molecule has 0 spiro atoms. The number of pyridine rings is 1. The van der Waals surface area contributed by atoms with Crippen molar-refractivity contribution >= 4 is 27.4 Å². The van der Waals surface area contributed by atoms with Gasteiger partial charge in [0.05, 0.1) is 24.4 Å². The van der Waals surface area contributed by atoms with E-state index in [1.807, 2.05) is 48.5 Å². The molecular weight excluding hydrogens is 482 g/mol. The highest BCUT2D eigenvalue weighted by atomic mass is 32.1. The van der Waals surface area contributed by atoms with Crippen LogP contribution in [0.1, 0.15) is 10.4 Å².